The molecular weight excluding hydrogens is 232 g/mol. The Morgan fingerprint density at radius 2 is 2.17 bits per heavy atom. The molecule has 0 bridgehead atoms. The first-order valence-electron chi connectivity index (χ1n) is 6.04. The molecular formula is C13H16N2O3. The van der Waals surface area contributed by atoms with Gasteiger partial charge in [0.1, 0.15) is 0 Å². The Hall–Kier alpha value is -2.04. The summed E-state index contributed by atoms with van der Waals surface area (Å²) in [5.41, 5.74) is 1.27. The van der Waals surface area contributed by atoms with E-state index in [2.05, 4.69) is 4.98 Å². The van der Waals surface area contributed by atoms with Crippen LogP contribution in [-0.4, -0.2) is 20.6 Å². The summed E-state index contributed by atoms with van der Waals surface area (Å²) in [7, 11) is 0. The number of nitrogens with zero attached hydrogens (tertiary/aromatic N) is 1. The van der Waals surface area contributed by atoms with Gasteiger partial charge in [-0.3, -0.25) is 9.36 Å². The molecule has 5 nitrogen and oxygen atoms in total. The maximum atomic E-state index is 12.0. The summed E-state index contributed by atoms with van der Waals surface area (Å²) in [5.74, 6) is -0.884. The summed E-state index contributed by atoms with van der Waals surface area (Å²) in [6.07, 6.45) is 1.48. The first-order chi connectivity index (χ1) is 8.63. The quantitative estimate of drug-likeness (QED) is 0.851. The Kier molecular flexibility index (Phi) is 3.50. The van der Waals surface area contributed by atoms with Gasteiger partial charge in [-0.05, 0) is 18.6 Å². The third kappa shape index (κ3) is 2.30. The third-order valence-corrected chi connectivity index (χ3v) is 3.02. The summed E-state index contributed by atoms with van der Waals surface area (Å²) in [4.78, 5) is 25.6. The van der Waals surface area contributed by atoms with Crippen LogP contribution >= 0.6 is 0 Å². The Bertz CT molecular complexity index is 612. The molecule has 0 aliphatic carbocycles. The van der Waals surface area contributed by atoms with E-state index in [1.54, 1.807) is 4.57 Å². The van der Waals surface area contributed by atoms with Crippen molar-refractivity contribution in [3.63, 3.8) is 0 Å². The first-order valence-corrected chi connectivity index (χ1v) is 6.04. The van der Waals surface area contributed by atoms with Crippen molar-refractivity contribution in [1.29, 1.82) is 0 Å². The second kappa shape index (κ2) is 5.08. The van der Waals surface area contributed by atoms with Crippen molar-refractivity contribution in [2.75, 3.05) is 0 Å². The molecule has 1 unspecified atom stereocenters. The number of hydrogen-bond donors (Lipinski definition) is 2. The van der Waals surface area contributed by atoms with Crippen molar-refractivity contribution in [1.82, 2.24) is 9.55 Å². The Morgan fingerprint density at radius 3 is 2.83 bits per heavy atom. The highest BCUT2D eigenvalue weighted by molar-refractivity contribution is 5.75. The van der Waals surface area contributed by atoms with Crippen molar-refractivity contribution in [2.24, 2.45) is 0 Å². The van der Waals surface area contributed by atoms with Gasteiger partial charge < -0.3 is 10.1 Å². The van der Waals surface area contributed by atoms with Crippen LogP contribution in [0.5, 0.6) is 0 Å². The lowest BCUT2D eigenvalue weighted by molar-refractivity contribution is -0.137. The number of benzene rings is 1. The number of hydrogen-bond acceptors (Lipinski definition) is 2. The van der Waals surface area contributed by atoms with E-state index in [1.165, 1.54) is 0 Å². The molecule has 18 heavy (non-hydrogen) atoms. The second-order valence-electron chi connectivity index (χ2n) is 4.36. The molecule has 1 aromatic heterocycles. The predicted octanol–water partition coefficient (Wildman–Crippen LogP) is 2.15. The molecule has 0 radical (unpaired) electrons. The summed E-state index contributed by atoms with van der Waals surface area (Å²) < 4.78 is 1.56. The van der Waals surface area contributed by atoms with Crippen molar-refractivity contribution in [2.45, 2.75) is 32.2 Å². The molecule has 0 amide bonds. The fraction of sp³-hybridized carbons (Fsp3) is 0.385. The highest BCUT2D eigenvalue weighted by Crippen LogP contribution is 2.21. The topological polar surface area (TPSA) is 75.1 Å². The maximum absolute atomic E-state index is 12.0. The Morgan fingerprint density at radius 1 is 1.44 bits per heavy atom. The van der Waals surface area contributed by atoms with Gasteiger partial charge in [-0.1, -0.05) is 25.5 Å². The Balaban J connectivity index is 2.52. The first kappa shape index (κ1) is 12.4. The normalized spacial score (nSPS) is 12.7. The molecule has 0 aliphatic rings. The van der Waals surface area contributed by atoms with Crippen molar-refractivity contribution >= 4 is 17.0 Å². The van der Waals surface area contributed by atoms with E-state index in [0.29, 0.717) is 6.42 Å². The number of H-pyrrole nitrogens is 1. The van der Waals surface area contributed by atoms with Crippen molar-refractivity contribution in [3.05, 3.63) is 34.7 Å². The highest BCUT2D eigenvalue weighted by atomic mass is 16.4. The molecule has 0 aliphatic heterocycles. The van der Waals surface area contributed by atoms with Crippen LogP contribution in [-0.2, 0) is 4.79 Å². The smallest absolute Gasteiger partial charge is 0.326 e. The van der Waals surface area contributed by atoms with Gasteiger partial charge in [0.2, 0.25) is 0 Å². The van der Waals surface area contributed by atoms with Crippen molar-refractivity contribution < 1.29 is 9.90 Å². The zero-order chi connectivity index (χ0) is 13.1. The molecule has 0 fully saturated rings. The van der Waals surface area contributed by atoms with E-state index in [-0.39, 0.29) is 18.2 Å². The molecule has 96 valence electrons. The lowest BCUT2D eigenvalue weighted by atomic mass is 10.1. The number of rotatable bonds is 5. The lowest BCUT2D eigenvalue weighted by Crippen LogP contribution is -2.24. The van der Waals surface area contributed by atoms with Crippen LogP contribution in [0.15, 0.2) is 29.1 Å². The Labute approximate surface area is 104 Å². The van der Waals surface area contributed by atoms with E-state index in [1.807, 2.05) is 31.2 Å². The van der Waals surface area contributed by atoms with E-state index >= 15 is 0 Å². The molecule has 2 N–H and O–H groups in total. The van der Waals surface area contributed by atoms with Gasteiger partial charge in [-0.25, -0.2) is 4.79 Å². The molecule has 0 saturated heterocycles. The van der Waals surface area contributed by atoms with Gasteiger partial charge in [-0.15, -0.1) is 0 Å². The van der Waals surface area contributed by atoms with Crippen LogP contribution in [0.3, 0.4) is 0 Å². The number of carboxylic acids is 1. The van der Waals surface area contributed by atoms with Gasteiger partial charge in [0, 0.05) is 6.04 Å². The minimum atomic E-state index is -0.884. The zero-order valence-electron chi connectivity index (χ0n) is 10.2. The van der Waals surface area contributed by atoms with Gasteiger partial charge >= 0.3 is 11.7 Å². The van der Waals surface area contributed by atoms with Crippen LogP contribution in [0, 0.1) is 0 Å². The van der Waals surface area contributed by atoms with Gasteiger partial charge in [-0.2, -0.15) is 0 Å². The van der Waals surface area contributed by atoms with E-state index in [9.17, 15) is 9.59 Å². The molecule has 2 aromatic rings. The fourth-order valence-corrected chi connectivity index (χ4v) is 2.29. The zero-order valence-corrected chi connectivity index (χ0v) is 10.2. The lowest BCUT2D eigenvalue weighted by Gasteiger charge is -2.15. The van der Waals surface area contributed by atoms with E-state index < -0.39 is 5.97 Å². The van der Waals surface area contributed by atoms with Crippen LogP contribution in [0.2, 0.25) is 0 Å². The summed E-state index contributed by atoms with van der Waals surface area (Å²) in [5, 5.41) is 8.95. The predicted molar refractivity (Wildman–Crippen MR) is 68.8 cm³/mol. The van der Waals surface area contributed by atoms with Gasteiger partial charge in [0.25, 0.3) is 0 Å². The highest BCUT2D eigenvalue weighted by Gasteiger charge is 2.19. The monoisotopic (exact) mass is 248 g/mol. The maximum Gasteiger partial charge on any atom is 0.326 e. The fourth-order valence-electron chi connectivity index (χ4n) is 2.29. The minimum Gasteiger partial charge on any atom is -0.481 e. The SMILES string of the molecule is CCCC(CC(=O)O)n1c(=O)[nH]c2ccccc21. The van der Waals surface area contributed by atoms with Crippen LogP contribution in [0.25, 0.3) is 11.0 Å². The number of aromatic nitrogens is 2. The molecule has 0 spiro atoms. The standard InChI is InChI=1S/C13H16N2O3/c1-2-5-9(8-12(16)17)15-11-7-4-3-6-10(11)14-13(15)18/h3-4,6-7,9H,2,5,8H2,1H3,(H,14,18)(H,16,17). The average Bonchev–Trinajstić information content (AvgIpc) is 2.63. The number of aromatic amines is 1. The number of fused-ring (bicyclic) bond motifs is 1. The number of nitrogens with one attached hydrogen (secondary N) is 1. The van der Waals surface area contributed by atoms with Crippen LogP contribution in [0.1, 0.15) is 32.2 Å². The molecule has 5 heteroatoms. The summed E-state index contributed by atoms with van der Waals surface area (Å²) >= 11 is 0. The molecule has 2 rings (SSSR count). The number of imidazole rings is 1. The number of aliphatic carboxylic acids is 1. The largest absolute Gasteiger partial charge is 0.481 e. The van der Waals surface area contributed by atoms with E-state index in [0.717, 1.165) is 17.5 Å². The number of carboxylic acid groups (broad SMARTS) is 1. The van der Waals surface area contributed by atoms with Gasteiger partial charge in [0.05, 0.1) is 17.5 Å². The molecule has 1 heterocycles. The number of para-hydroxylation sites is 2. The average molecular weight is 248 g/mol. The van der Waals surface area contributed by atoms with Crippen molar-refractivity contribution in [3.8, 4) is 0 Å². The summed E-state index contributed by atoms with van der Waals surface area (Å²) in [6, 6.07) is 7.04. The summed E-state index contributed by atoms with van der Waals surface area (Å²) in [6.45, 7) is 1.98. The van der Waals surface area contributed by atoms with Crippen LogP contribution in [0.4, 0.5) is 0 Å². The number of carbonyl (C=O) groups is 1. The van der Waals surface area contributed by atoms with Crippen LogP contribution < -0.4 is 5.69 Å². The molecule has 1 aromatic carbocycles. The van der Waals surface area contributed by atoms with Gasteiger partial charge in [0.15, 0.2) is 0 Å². The minimum absolute atomic E-state index is 0.0321. The second-order valence-corrected chi connectivity index (χ2v) is 4.36. The molecule has 1 atom stereocenters. The third-order valence-electron chi connectivity index (χ3n) is 3.02. The van der Waals surface area contributed by atoms with E-state index in [4.69, 9.17) is 5.11 Å². The molecule has 0 saturated carbocycles.